The Morgan fingerprint density at radius 2 is 1.62 bits per heavy atom. The summed E-state index contributed by atoms with van der Waals surface area (Å²) in [6.45, 7) is 8.13. The van der Waals surface area contributed by atoms with E-state index < -0.39 is 7.82 Å². The smallest absolute Gasteiger partial charge is 0.396 e. The molecule has 5 nitrogen and oxygen atoms in total. The lowest BCUT2D eigenvalue weighted by Crippen LogP contribution is -2.19. The number of aliphatic hydroxyl groups is 1. The van der Waals surface area contributed by atoms with Crippen LogP contribution in [-0.2, 0) is 18.1 Å². The van der Waals surface area contributed by atoms with Gasteiger partial charge < -0.3 is 5.11 Å². The number of aliphatic hydroxyl groups excluding tert-OH is 1. The van der Waals surface area contributed by atoms with Gasteiger partial charge in [-0.15, -0.1) is 0 Å². The Morgan fingerprint density at radius 3 is 2.00 bits per heavy atom. The van der Waals surface area contributed by atoms with Gasteiger partial charge in [0.2, 0.25) is 0 Å². The van der Waals surface area contributed by atoms with E-state index in [1.54, 1.807) is 13.8 Å². The quantitative estimate of drug-likeness (QED) is 0.641. The van der Waals surface area contributed by atoms with Crippen molar-refractivity contribution >= 4 is 7.82 Å². The van der Waals surface area contributed by atoms with Gasteiger partial charge in [-0.1, -0.05) is 13.8 Å². The summed E-state index contributed by atoms with van der Waals surface area (Å²) in [6.07, 6.45) is 0.591. The second kappa shape index (κ2) is 7.41. The van der Waals surface area contributed by atoms with Crippen LogP contribution in [0.15, 0.2) is 0 Å². The Morgan fingerprint density at radius 1 is 1.12 bits per heavy atom. The number of hydrogen-bond donors (Lipinski definition) is 1. The molecule has 16 heavy (non-hydrogen) atoms. The predicted molar refractivity (Wildman–Crippen MR) is 62.3 cm³/mol. The van der Waals surface area contributed by atoms with E-state index >= 15 is 0 Å². The van der Waals surface area contributed by atoms with Crippen molar-refractivity contribution in [2.75, 3.05) is 26.4 Å². The van der Waals surface area contributed by atoms with Gasteiger partial charge in [0.15, 0.2) is 0 Å². The second-order valence-electron chi connectivity index (χ2n) is 4.19. The molecule has 0 unspecified atom stereocenters. The molecule has 0 atom stereocenters. The molecule has 0 bridgehead atoms. The molecule has 0 amide bonds. The van der Waals surface area contributed by atoms with E-state index in [-0.39, 0.29) is 31.8 Å². The lowest BCUT2D eigenvalue weighted by molar-refractivity contribution is 0.0899. The van der Waals surface area contributed by atoms with E-state index in [4.69, 9.17) is 18.7 Å². The standard InChI is InChI=1S/C10H23O5P/c1-5-13-16(12,14-6-2)15-8-7-10(3,4)9-11/h11H,5-9H2,1-4H3. The minimum Gasteiger partial charge on any atom is -0.396 e. The van der Waals surface area contributed by atoms with Gasteiger partial charge in [-0.05, 0) is 25.7 Å². The van der Waals surface area contributed by atoms with Crippen molar-refractivity contribution in [1.82, 2.24) is 0 Å². The van der Waals surface area contributed by atoms with E-state index in [1.165, 1.54) is 0 Å². The molecule has 0 rings (SSSR count). The molecular formula is C10H23O5P. The van der Waals surface area contributed by atoms with Gasteiger partial charge in [0.25, 0.3) is 0 Å². The van der Waals surface area contributed by atoms with Crippen molar-refractivity contribution in [2.45, 2.75) is 34.1 Å². The Labute approximate surface area is 97.7 Å². The summed E-state index contributed by atoms with van der Waals surface area (Å²) in [4.78, 5) is 0. The molecule has 1 N–H and O–H groups in total. The molecule has 98 valence electrons. The van der Waals surface area contributed by atoms with Gasteiger partial charge in [0, 0.05) is 6.61 Å². The average Bonchev–Trinajstić information content (AvgIpc) is 2.18. The van der Waals surface area contributed by atoms with Crippen LogP contribution in [0, 0.1) is 5.41 Å². The van der Waals surface area contributed by atoms with Crippen LogP contribution in [-0.4, -0.2) is 31.5 Å². The minimum atomic E-state index is -3.40. The average molecular weight is 254 g/mol. The molecule has 0 spiro atoms. The molecule has 0 aliphatic carbocycles. The van der Waals surface area contributed by atoms with Crippen molar-refractivity contribution in [1.29, 1.82) is 0 Å². The zero-order chi connectivity index (χ0) is 12.7. The normalized spacial score (nSPS) is 13.1. The topological polar surface area (TPSA) is 65.0 Å². The number of hydrogen-bond acceptors (Lipinski definition) is 5. The van der Waals surface area contributed by atoms with Crippen LogP contribution >= 0.6 is 7.82 Å². The second-order valence-corrected chi connectivity index (χ2v) is 5.86. The monoisotopic (exact) mass is 254 g/mol. The molecule has 0 saturated heterocycles. The van der Waals surface area contributed by atoms with Gasteiger partial charge in [0.1, 0.15) is 0 Å². The number of phosphoric acid groups is 1. The molecule has 0 aromatic rings. The molecule has 0 saturated carbocycles. The molecular weight excluding hydrogens is 231 g/mol. The predicted octanol–water partition coefficient (Wildman–Crippen LogP) is 2.59. The van der Waals surface area contributed by atoms with Gasteiger partial charge >= 0.3 is 7.82 Å². The van der Waals surface area contributed by atoms with Crippen LogP contribution in [0.2, 0.25) is 0 Å². The van der Waals surface area contributed by atoms with Crippen molar-refractivity contribution in [3.05, 3.63) is 0 Å². The molecule has 6 heteroatoms. The first kappa shape index (κ1) is 16.1. The fourth-order valence-electron chi connectivity index (χ4n) is 0.941. The van der Waals surface area contributed by atoms with Crippen LogP contribution in [0.3, 0.4) is 0 Å². The molecule has 0 radical (unpaired) electrons. The maximum atomic E-state index is 11.9. The maximum absolute atomic E-state index is 11.9. The molecule has 0 aromatic carbocycles. The first-order valence-corrected chi connectivity index (χ1v) is 6.99. The van der Waals surface area contributed by atoms with Crippen LogP contribution < -0.4 is 0 Å². The Kier molecular flexibility index (Phi) is 7.44. The first-order valence-electron chi connectivity index (χ1n) is 5.53. The van der Waals surface area contributed by atoms with Crippen LogP contribution in [0.25, 0.3) is 0 Å². The number of phosphoric ester groups is 1. The lowest BCUT2D eigenvalue weighted by atomic mass is 9.91. The molecule has 0 aromatic heterocycles. The largest absolute Gasteiger partial charge is 0.474 e. The highest BCUT2D eigenvalue weighted by Crippen LogP contribution is 2.49. The third kappa shape index (κ3) is 6.61. The van der Waals surface area contributed by atoms with E-state index in [0.717, 1.165) is 0 Å². The number of rotatable bonds is 9. The zero-order valence-electron chi connectivity index (χ0n) is 10.6. The van der Waals surface area contributed by atoms with Gasteiger partial charge in [-0.2, -0.15) is 0 Å². The minimum absolute atomic E-state index is 0.0595. The van der Waals surface area contributed by atoms with Crippen molar-refractivity contribution < 1.29 is 23.2 Å². The summed E-state index contributed by atoms with van der Waals surface area (Å²) in [6, 6.07) is 0. The Hall–Kier alpha value is 0.0700. The summed E-state index contributed by atoms with van der Waals surface area (Å²) in [5.41, 5.74) is -0.247. The first-order chi connectivity index (χ1) is 7.39. The molecule has 0 fully saturated rings. The van der Waals surface area contributed by atoms with Crippen molar-refractivity contribution in [3.8, 4) is 0 Å². The molecule has 0 heterocycles. The van der Waals surface area contributed by atoms with Crippen molar-refractivity contribution in [2.24, 2.45) is 5.41 Å². The summed E-state index contributed by atoms with van der Waals surface area (Å²) < 4.78 is 26.9. The van der Waals surface area contributed by atoms with E-state index in [9.17, 15) is 4.57 Å². The summed E-state index contributed by atoms with van der Waals surface area (Å²) in [5.74, 6) is 0. The van der Waals surface area contributed by atoms with Gasteiger partial charge in [0.05, 0.1) is 19.8 Å². The summed E-state index contributed by atoms with van der Waals surface area (Å²) >= 11 is 0. The van der Waals surface area contributed by atoms with Gasteiger partial charge in [-0.3, -0.25) is 13.6 Å². The Balaban J connectivity index is 4.08. The third-order valence-electron chi connectivity index (χ3n) is 2.03. The summed E-state index contributed by atoms with van der Waals surface area (Å²) in [7, 11) is -3.40. The Bertz CT molecular complexity index is 219. The van der Waals surface area contributed by atoms with Crippen LogP contribution in [0.1, 0.15) is 34.1 Å². The van der Waals surface area contributed by atoms with E-state index in [1.807, 2.05) is 13.8 Å². The fourth-order valence-corrected chi connectivity index (χ4v) is 2.11. The third-order valence-corrected chi connectivity index (χ3v) is 3.68. The van der Waals surface area contributed by atoms with E-state index in [2.05, 4.69) is 0 Å². The molecule has 0 aliphatic rings. The van der Waals surface area contributed by atoms with Gasteiger partial charge in [-0.25, -0.2) is 4.57 Å². The fraction of sp³-hybridized carbons (Fsp3) is 1.00. The highest BCUT2D eigenvalue weighted by Gasteiger charge is 2.26. The van der Waals surface area contributed by atoms with Crippen molar-refractivity contribution in [3.63, 3.8) is 0 Å². The van der Waals surface area contributed by atoms with E-state index in [0.29, 0.717) is 6.42 Å². The zero-order valence-corrected chi connectivity index (χ0v) is 11.5. The summed E-state index contributed by atoms with van der Waals surface area (Å²) in [5, 5.41) is 9.04. The highest BCUT2D eigenvalue weighted by atomic mass is 31.2. The van der Waals surface area contributed by atoms with Crippen LogP contribution in [0.4, 0.5) is 0 Å². The maximum Gasteiger partial charge on any atom is 0.474 e. The molecule has 0 aliphatic heterocycles. The highest BCUT2D eigenvalue weighted by molar-refractivity contribution is 7.48. The SMILES string of the molecule is CCOP(=O)(OCC)OCCC(C)(C)CO. The lowest BCUT2D eigenvalue weighted by Gasteiger charge is -2.23. The van der Waals surface area contributed by atoms with Crippen LogP contribution in [0.5, 0.6) is 0 Å².